The van der Waals surface area contributed by atoms with Gasteiger partial charge in [-0.15, -0.1) is 0 Å². The Hall–Kier alpha value is -2.29. The van der Waals surface area contributed by atoms with E-state index in [1.807, 2.05) is 12.1 Å². The van der Waals surface area contributed by atoms with Crippen molar-refractivity contribution in [1.82, 2.24) is 0 Å². The predicted octanol–water partition coefficient (Wildman–Crippen LogP) is 3.59. The average Bonchev–Trinajstić information content (AvgIpc) is 3.30. The molecule has 0 amide bonds. The number of hydrogen-bond acceptors (Lipinski definition) is 6. The number of ether oxygens (including phenoxy) is 2. The second kappa shape index (κ2) is 13.5. The van der Waals surface area contributed by atoms with Crippen molar-refractivity contribution in [2.24, 2.45) is 5.92 Å². The molecule has 4 unspecified atom stereocenters. The minimum atomic E-state index is -2.81. The topological polar surface area (TPSA) is 85.2 Å². The Morgan fingerprint density at radius 2 is 1.68 bits per heavy atom. The first-order valence-corrected chi connectivity index (χ1v) is 15.1. The molecule has 0 bridgehead atoms. The van der Waals surface area contributed by atoms with Gasteiger partial charge in [-0.05, 0) is 34.7 Å². The van der Waals surface area contributed by atoms with Gasteiger partial charge in [-0.25, -0.2) is 0 Å². The summed E-state index contributed by atoms with van der Waals surface area (Å²) in [5, 5.41) is 22.5. The van der Waals surface area contributed by atoms with Gasteiger partial charge < -0.3 is 24.1 Å². The average molecular weight is 527 g/mol. The predicted molar refractivity (Wildman–Crippen MR) is 148 cm³/mol. The third-order valence-corrected chi connectivity index (χ3v) is 12.3. The summed E-state index contributed by atoms with van der Waals surface area (Å²) in [5.41, 5.74) is 0. The fraction of sp³-hybridized carbons (Fsp3) is 0.500. The van der Waals surface area contributed by atoms with Gasteiger partial charge in [0, 0.05) is 12.3 Å². The summed E-state index contributed by atoms with van der Waals surface area (Å²) >= 11 is 0. The highest BCUT2D eigenvalue weighted by Crippen LogP contribution is 2.41. The molecule has 3 rings (SSSR count). The minimum Gasteiger partial charge on any atom is -0.469 e. The maximum Gasteiger partial charge on any atom is 0.305 e. The highest BCUT2D eigenvalue weighted by molar-refractivity contribution is 6.99. The van der Waals surface area contributed by atoms with E-state index in [-0.39, 0.29) is 29.6 Å². The van der Waals surface area contributed by atoms with E-state index in [1.165, 1.54) is 17.5 Å². The van der Waals surface area contributed by atoms with Crippen molar-refractivity contribution in [2.45, 2.75) is 69.8 Å². The molecule has 37 heavy (non-hydrogen) atoms. The summed E-state index contributed by atoms with van der Waals surface area (Å²) < 4.78 is 18.1. The van der Waals surface area contributed by atoms with Gasteiger partial charge in [0.05, 0.1) is 32.5 Å². The fourth-order valence-electron chi connectivity index (χ4n) is 5.33. The molecule has 1 heterocycles. The maximum absolute atomic E-state index is 11.4. The molecule has 7 heteroatoms. The van der Waals surface area contributed by atoms with Crippen LogP contribution in [-0.2, 0) is 18.7 Å². The van der Waals surface area contributed by atoms with Crippen LogP contribution in [0.5, 0.6) is 0 Å². The van der Waals surface area contributed by atoms with Crippen LogP contribution in [-0.4, -0.2) is 63.1 Å². The van der Waals surface area contributed by atoms with Gasteiger partial charge in [0.1, 0.15) is 6.10 Å². The van der Waals surface area contributed by atoms with Gasteiger partial charge >= 0.3 is 5.97 Å². The normalized spacial score (nSPS) is 21.3. The molecule has 1 aliphatic heterocycles. The second-order valence-electron chi connectivity index (χ2n) is 10.7. The third-order valence-electron chi connectivity index (χ3n) is 7.22. The van der Waals surface area contributed by atoms with Crippen molar-refractivity contribution in [3.05, 3.63) is 72.8 Å². The molecule has 0 radical (unpaired) electrons. The SMILES string of the molecule is COC(=O)CCC/C=C\CC1C(O[Si](c2ccccc2)(c2ccccc2)C(C)(C)C)COC1C(O)CO. The summed E-state index contributed by atoms with van der Waals surface area (Å²) in [6.07, 6.45) is 4.89. The molecule has 1 fully saturated rings. The van der Waals surface area contributed by atoms with Crippen LogP contribution in [0.25, 0.3) is 0 Å². The highest BCUT2D eigenvalue weighted by Gasteiger charge is 2.54. The molecule has 1 aliphatic rings. The zero-order valence-corrected chi connectivity index (χ0v) is 23.5. The number of benzene rings is 2. The molecule has 2 N–H and O–H groups in total. The quantitative estimate of drug-likeness (QED) is 0.190. The lowest BCUT2D eigenvalue weighted by atomic mass is 9.92. The monoisotopic (exact) mass is 526 g/mol. The molecule has 6 nitrogen and oxygen atoms in total. The molecule has 0 saturated carbocycles. The van der Waals surface area contributed by atoms with Gasteiger partial charge in [-0.2, -0.15) is 0 Å². The van der Waals surface area contributed by atoms with Gasteiger partial charge in [-0.1, -0.05) is 93.6 Å². The zero-order chi connectivity index (χ0) is 26.9. The molecule has 202 valence electrons. The van der Waals surface area contributed by atoms with E-state index < -0.39 is 20.5 Å². The van der Waals surface area contributed by atoms with Crippen molar-refractivity contribution in [3.8, 4) is 0 Å². The summed E-state index contributed by atoms with van der Waals surface area (Å²) in [6.45, 7) is 6.71. The van der Waals surface area contributed by atoms with Crippen LogP contribution in [0.2, 0.25) is 5.04 Å². The van der Waals surface area contributed by atoms with Crippen LogP contribution in [0.3, 0.4) is 0 Å². The molecule has 4 atom stereocenters. The first-order chi connectivity index (χ1) is 17.7. The standard InChI is InChI=1S/C30H42O6Si/c1-30(2,3)37(23-15-9-7-10-16-23,24-17-11-8-12-18-24)36-27-22-35-29(26(32)21-31)25(27)19-13-5-6-14-20-28(33)34-4/h5,7-13,15-18,25-27,29,31-32H,6,14,19-22H2,1-4H3/b13-5-. The number of carbonyl (C=O) groups excluding carboxylic acids is 1. The number of aliphatic hydroxyl groups excluding tert-OH is 2. The number of hydrogen-bond donors (Lipinski definition) is 2. The Kier molecular flexibility index (Phi) is 10.7. The number of unbranched alkanes of at least 4 members (excludes halogenated alkanes) is 1. The molecule has 0 aromatic heterocycles. The second-order valence-corrected chi connectivity index (χ2v) is 15.0. The first-order valence-electron chi connectivity index (χ1n) is 13.2. The summed E-state index contributed by atoms with van der Waals surface area (Å²) in [6, 6.07) is 21.0. The van der Waals surface area contributed by atoms with Crippen LogP contribution in [0, 0.1) is 5.92 Å². The Bertz CT molecular complexity index is 949. The van der Waals surface area contributed by atoms with Gasteiger partial charge in [0.25, 0.3) is 8.32 Å². The Morgan fingerprint density at radius 1 is 1.08 bits per heavy atom. The lowest BCUT2D eigenvalue weighted by molar-refractivity contribution is -0.140. The fourth-order valence-corrected chi connectivity index (χ4v) is 10.0. The van der Waals surface area contributed by atoms with Crippen molar-refractivity contribution in [3.63, 3.8) is 0 Å². The Labute approximate surface area is 222 Å². The molecule has 0 spiro atoms. The maximum atomic E-state index is 11.4. The largest absolute Gasteiger partial charge is 0.469 e. The van der Waals surface area contributed by atoms with Gasteiger partial charge in [0.2, 0.25) is 0 Å². The lowest BCUT2D eigenvalue weighted by Gasteiger charge is -2.45. The molecule has 0 aliphatic carbocycles. The van der Waals surface area contributed by atoms with Gasteiger partial charge in [0.15, 0.2) is 0 Å². The van der Waals surface area contributed by atoms with Crippen LogP contribution in [0.15, 0.2) is 72.8 Å². The summed E-state index contributed by atoms with van der Waals surface area (Å²) in [5.74, 6) is -0.330. The van der Waals surface area contributed by atoms with Crippen LogP contribution < -0.4 is 10.4 Å². The zero-order valence-electron chi connectivity index (χ0n) is 22.5. The van der Waals surface area contributed by atoms with Crippen molar-refractivity contribution in [1.29, 1.82) is 0 Å². The number of methoxy groups -OCH3 is 1. The number of esters is 1. The number of carbonyl (C=O) groups is 1. The minimum absolute atomic E-state index is 0.124. The van der Waals surface area contributed by atoms with Crippen LogP contribution in [0.4, 0.5) is 0 Å². The molecular weight excluding hydrogens is 484 g/mol. The molecule has 1 saturated heterocycles. The molecule has 2 aromatic rings. The van der Waals surface area contributed by atoms with E-state index in [0.717, 1.165) is 12.8 Å². The van der Waals surface area contributed by atoms with Crippen molar-refractivity contribution in [2.75, 3.05) is 20.3 Å². The Balaban J connectivity index is 1.92. The van der Waals surface area contributed by atoms with E-state index in [2.05, 4.69) is 81.5 Å². The van der Waals surface area contributed by atoms with E-state index in [1.54, 1.807) is 0 Å². The highest BCUT2D eigenvalue weighted by atomic mass is 28.4. The molecular formula is C30H42O6Si. The van der Waals surface area contributed by atoms with Crippen molar-refractivity contribution >= 4 is 24.7 Å². The number of aliphatic hydroxyl groups is 2. The van der Waals surface area contributed by atoms with Crippen molar-refractivity contribution < 1.29 is 28.9 Å². The van der Waals surface area contributed by atoms with E-state index in [4.69, 9.17) is 13.9 Å². The Morgan fingerprint density at radius 3 is 2.19 bits per heavy atom. The number of allylic oxidation sites excluding steroid dienone is 2. The molecule has 2 aromatic carbocycles. The van der Waals surface area contributed by atoms with Gasteiger partial charge in [-0.3, -0.25) is 4.79 Å². The van der Waals surface area contributed by atoms with E-state index in [9.17, 15) is 15.0 Å². The number of rotatable bonds is 12. The summed E-state index contributed by atoms with van der Waals surface area (Å²) in [4.78, 5) is 11.4. The van der Waals surface area contributed by atoms with E-state index in [0.29, 0.717) is 19.4 Å². The summed E-state index contributed by atoms with van der Waals surface area (Å²) in [7, 11) is -1.41. The lowest BCUT2D eigenvalue weighted by Crippen LogP contribution is -2.68. The first kappa shape index (κ1) is 29.3. The van der Waals surface area contributed by atoms with E-state index >= 15 is 0 Å². The van der Waals surface area contributed by atoms with Crippen LogP contribution >= 0.6 is 0 Å². The third kappa shape index (κ3) is 6.97. The smallest absolute Gasteiger partial charge is 0.305 e. The van der Waals surface area contributed by atoms with Crippen LogP contribution in [0.1, 0.15) is 46.5 Å².